The van der Waals surface area contributed by atoms with Crippen LogP contribution in [0.4, 0.5) is 5.69 Å². The van der Waals surface area contributed by atoms with Crippen LogP contribution < -0.4 is 5.73 Å². The first-order valence-electron chi connectivity index (χ1n) is 6.37. The highest BCUT2D eigenvalue weighted by molar-refractivity contribution is 6.04. The predicted molar refractivity (Wildman–Crippen MR) is 72.7 cm³/mol. The number of hydrogen-bond acceptors (Lipinski definition) is 3. The second kappa shape index (κ2) is 3.95. The van der Waals surface area contributed by atoms with Crippen molar-refractivity contribution >= 4 is 11.5 Å². The molecular formula is C15H18N2O. The van der Waals surface area contributed by atoms with Crippen molar-refractivity contribution in [2.75, 3.05) is 19.3 Å². The number of likely N-dealkylation sites (N-methyl/N-ethyl adjacent to an activating group) is 1. The summed E-state index contributed by atoms with van der Waals surface area (Å²) in [7, 11) is 2.10. The summed E-state index contributed by atoms with van der Waals surface area (Å²) in [5.74, 6) is 0.490. The summed E-state index contributed by atoms with van der Waals surface area (Å²) in [4.78, 5) is 14.5. The molecule has 2 atom stereocenters. The van der Waals surface area contributed by atoms with Crippen LogP contribution in [0, 0.1) is 0 Å². The first-order chi connectivity index (χ1) is 8.58. The molecule has 2 aliphatic rings. The number of nitrogens with zero attached hydrogens (tertiary/aromatic N) is 1. The molecule has 0 radical (unpaired) electrons. The third-order valence-electron chi connectivity index (χ3n) is 4.10. The van der Waals surface area contributed by atoms with Crippen molar-refractivity contribution < 1.29 is 4.79 Å². The summed E-state index contributed by atoms with van der Waals surface area (Å²) in [6, 6.07) is 6.10. The van der Waals surface area contributed by atoms with Crippen LogP contribution in [0.15, 0.2) is 29.8 Å². The number of ketones is 1. The van der Waals surface area contributed by atoms with Crippen LogP contribution in [0.25, 0.3) is 0 Å². The summed E-state index contributed by atoms with van der Waals surface area (Å²) in [6.45, 7) is 3.10. The van der Waals surface area contributed by atoms with Crippen molar-refractivity contribution in [1.82, 2.24) is 4.90 Å². The zero-order valence-electron chi connectivity index (χ0n) is 10.8. The Bertz CT molecular complexity index is 547. The lowest BCUT2D eigenvalue weighted by molar-refractivity contribution is 0.0903. The number of carbonyl (C=O) groups is 1. The Hall–Kier alpha value is -1.61. The maximum absolute atomic E-state index is 12.3. The highest BCUT2D eigenvalue weighted by atomic mass is 16.1. The maximum Gasteiger partial charge on any atom is 0.166 e. The van der Waals surface area contributed by atoms with Gasteiger partial charge in [-0.25, -0.2) is 0 Å². The molecule has 0 bridgehead atoms. The SMILES string of the molecule is CC1=C[C@@H]2c3cccc(N)c3C(=O)C[C@H]2N(C)C1. The van der Waals surface area contributed by atoms with Crippen LogP contribution in [0.5, 0.6) is 0 Å². The highest BCUT2D eigenvalue weighted by Crippen LogP contribution is 2.40. The van der Waals surface area contributed by atoms with Crippen molar-refractivity contribution in [3.63, 3.8) is 0 Å². The van der Waals surface area contributed by atoms with Gasteiger partial charge >= 0.3 is 0 Å². The van der Waals surface area contributed by atoms with Gasteiger partial charge in [-0.05, 0) is 25.6 Å². The van der Waals surface area contributed by atoms with Gasteiger partial charge in [-0.2, -0.15) is 0 Å². The zero-order chi connectivity index (χ0) is 12.9. The lowest BCUT2D eigenvalue weighted by atomic mass is 9.75. The van der Waals surface area contributed by atoms with E-state index in [2.05, 4.69) is 24.9 Å². The van der Waals surface area contributed by atoms with Gasteiger partial charge in [0.05, 0.1) is 0 Å². The molecule has 1 aromatic rings. The van der Waals surface area contributed by atoms with Crippen molar-refractivity contribution in [2.45, 2.75) is 25.3 Å². The van der Waals surface area contributed by atoms with Crippen LogP contribution in [0.2, 0.25) is 0 Å². The van der Waals surface area contributed by atoms with E-state index in [1.165, 1.54) is 5.57 Å². The van der Waals surface area contributed by atoms with Crippen molar-refractivity contribution in [2.24, 2.45) is 0 Å². The Morgan fingerprint density at radius 3 is 2.94 bits per heavy atom. The van der Waals surface area contributed by atoms with Gasteiger partial charge < -0.3 is 5.73 Å². The summed E-state index contributed by atoms with van der Waals surface area (Å²) in [5, 5.41) is 0. The largest absolute Gasteiger partial charge is 0.398 e. The molecule has 0 aromatic heterocycles. The second-order valence-electron chi connectivity index (χ2n) is 5.46. The first-order valence-corrected chi connectivity index (χ1v) is 6.37. The minimum Gasteiger partial charge on any atom is -0.398 e. The third-order valence-corrected chi connectivity index (χ3v) is 4.10. The van der Waals surface area contributed by atoms with Gasteiger partial charge in [0, 0.05) is 36.2 Å². The number of nitrogens with two attached hydrogens (primary N) is 1. The summed E-state index contributed by atoms with van der Waals surface area (Å²) in [5.41, 5.74) is 9.80. The molecule has 0 unspecified atom stereocenters. The average Bonchev–Trinajstić information content (AvgIpc) is 2.31. The number of rotatable bonds is 0. The topological polar surface area (TPSA) is 46.3 Å². The lowest BCUT2D eigenvalue weighted by Gasteiger charge is -2.41. The third kappa shape index (κ3) is 1.58. The monoisotopic (exact) mass is 242 g/mol. The number of anilines is 1. The van der Waals surface area contributed by atoms with Crippen LogP contribution in [-0.2, 0) is 0 Å². The molecule has 94 valence electrons. The molecule has 3 nitrogen and oxygen atoms in total. The second-order valence-corrected chi connectivity index (χ2v) is 5.46. The molecule has 0 amide bonds. The van der Waals surface area contributed by atoms with Crippen LogP contribution in [0.1, 0.15) is 35.2 Å². The molecule has 0 fully saturated rings. The van der Waals surface area contributed by atoms with Gasteiger partial charge in [0.2, 0.25) is 0 Å². The van der Waals surface area contributed by atoms with Crippen molar-refractivity contribution in [3.05, 3.63) is 41.0 Å². The minimum atomic E-state index is 0.184. The quantitative estimate of drug-likeness (QED) is 0.560. The molecule has 3 rings (SSSR count). The number of hydrogen-bond donors (Lipinski definition) is 1. The van der Waals surface area contributed by atoms with Gasteiger partial charge in [-0.3, -0.25) is 9.69 Å². The van der Waals surface area contributed by atoms with E-state index in [0.717, 1.165) is 17.7 Å². The number of benzene rings is 1. The number of carbonyl (C=O) groups excluding carboxylic acids is 1. The van der Waals surface area contributed by atoms with E-state index in [-0.39, 0.29) is 11.8 Å². The van der Waals surface area contributed by atoms with Crippen molar-refractivity contribution in [3.8, 4) is 0 Å². The van der Waals surface area contributed by atoms with E-state index < -0.39 is 0 Å². The van der Waals surface area contributed by atoms with Gasteiger partial charge in [0.15, 0.2) is 5.78 Å². The van der Waals surface area contributed by atoms with Crippen LogP contribution >= 0.6 is 0 Å². The highest BCUT2D eigenvalue weighted by Gasteiger charge is 2.37. The molecule has 0 saturated carbocycles. The van der Waals surface area contributed by atoms with Crippen molar-refractivity contribution in [1.29, 1.82) is 0 Å². The molecule has 1 aliphatic heterocycles. The fraction of sp³-hybridized carbons (Fsp3) is 0.400. The molecule has 2 N–H and O–H groups in total. The molecule has 1 aliphatic carbocycles. The maximum atomic E-state index is 12.3. The van der Waals surface area contributed by atoms with Crippen LogP contribution in [0.3, 0.4) is 0 Å². The van der Waals surface area contributed by atoms with E-state index in [1.807, 2.05) is 18.2 Å². The van der Waals surface area contributed by atoms with E-state index in [9.17, 15) is 4.79 Å². The summed E-state index contributed by atoms with van der Waals surface area (Å²) < 4.78 is 0. The Labute approximate surface area is 107 Å². The molecule has 3 heteroatoms. The van der Waals surface area contributed by atoms with Crippen LogP contribution in [-0.4, -0.2) is 30.3 Å². The van der Waals surface area contributed by atoms with Gasteiger partial charge in [0.1, 0.15) is 0 Å². The number of Topliss-reactive ketones (excluding diaryl/α,β-unsaturated/α-hetero) is 1. The normalized spacial score (nSPS) is 27.4. The van der Waals surface area contributed by atoms with Gasteiger partial charge in [0.25, 0.3) is 0 Å². The van der Waals surface area contributed by atoms with E-state index >= 15 is 0 Å². The smallest absolute Gasteiger partial charge is 0.166 e. The summed E-state index contributed by atoms with van der Waals surface area (Å²) in [6.07, 6.45) is 2.88. The Balaban J connectivity index is 2.18. The van der Waals surface area contributed by atoms with E-state index in [1.54, 1.807) is 0 Å². The van der Waals surface area contributed by atoms with E-state index in [0.29, 0.717) is 18.0 Å². The van der Waals surface area contributed by atoms with Gasteiger partial charge in [-0.15, -0.1) is 0 Å². The number of fused-ring (bicyclic) bond motifs is 3. The molecule has 18 heavy (non-hydrogen) atoms. The zero-order valence-corrected chi connectivity index (χ0v) is 10.8. The first kappa shape index (κ1) is 11.5. The Kier molecular flexibility index (Phi) is 2.52. The Morgan fingerprint density at radius 2 is 2.17 bits per heavy atom. The summed E-state index contributed by atoms with van der Waals surface area (Å²) >= 11 is 0. The molecular weight excluding hydrogens is 224 g/mol. The lowest BCUT2D eigenvalue weighted by Crippen LogP contribution is -2.44. The fourth-order valence-corrected chi connectivity index (χ4v) is 3.32. The standard InChI is InChI=1S/C15H18N2O/c1-9-6-11-10-4-3-5-12(16)15(10)14(18)7-13(11)17(2)8-9/h3-6,11,13H,7-8,16H2,1-2H3/t11-,13-/m1/s1. The molecule has 1 heterocycles. The Morgan fingerprint density at radius 1 is 1.39 bits per heavy atom. The minimum absolute atomic E-state index is 0.184. The van der Waals surface area contributed by atoms with E-state index in [4.69, 9.17) is 5.73 Å². The number of nitrogen functional groups attached to an aromatic ring is 1. The van der Waals surface area contributed by atoms with Gasteiger partial charge in [-0.1, -0.05) is 23.8 Å². The molecule has 0 saturated heterocycles. The fourth-order valence-electron chi connectivity index (χ4n) is 3.32. The molecule has 0 spiro atoms. The molecule has 1 aromatic carbocycles. The average molecular weight is 242 g/mol. The predicted octanol–water partition coefficient (Wildman–Crippen LogP) is 2.20.